The number of thiophene rings is 1. The lowest BCUT2D eigenvalue weighted by molar-refractivity contribution is 0.0642. The summed E-state index contributed by atoms with van der Waals surface area (Å²) in [5.41, 5.74) is 0.167. The van der Waals surface area contributed by atoms with E-state index in [9.17, 15) is 14.4 Å². The van der Waals surface area contributed by atoms with Crippen molar-refractivity contribution >= 4 is 34.1 Å². The summed E-state index contributed by atoms with van der Waals surface area (Å²) >= 11 is 1.46. The van der Waals surface area contributed by atoms with Gasteiger partial charge in [0, 0.05) is 45.3 Å². The van der Waals surface area contributed by atoms with Crippen molar-refractivity contribution in [1.82, 2.24) is 15.1 Å². The molecule has 0 unspecified atom stereocenters. The highest BCUT2D eigenvalue weighted by Gasteiger charge is 2.22. The molecule has 0 saturated carbocycles. The Morgan fingerprint density at radius 2 is 1.86 bits per heavy atom. The average molecular weight is 411 g/mol. The average Bonchev–Trinajstić information content (AvgIpc) is 3.28. The van der Waals surface area contributed by atoms with Gasteiger partial charge in [-0.2, -0.15) is 0 Å². The molecule has 1 aliphatic heterocycles. The van der Waals surface area contributed by atoms with Crippen LogP contribution in [0.5, 0.6) is 0 Å². The van der Waals surface area contributed by atoms with Gasteiger partial charge in [0.05, 0.1) is 10.3 Å². The molecule has 0 spiro atoms. The van der Waals surface area contributed by atoms with Crippen LogP contribution in [0.25, 0.3) is 11.0 Å². The molecule has 1 fully saturated rings. The predicted molar refractivity (Wildman–Crippen MR) is 111 cm³/mol. The van der Waals surface area contributed by atoms with Gasteiger partial charge >= 0.3 is 0 Å². The highest BCUT2D eigenvalue weighted by Crippen LogP contribution is 2.14. The highest BCUT2D eigenvalue weighted by atomic mass is 32.1. The van der Waals surface area contributed by atoms with Crippen molar-refractivity contribution in [2.45, 2.75) is 0 Å². The van der Waals surface area contributed by atoms with E-state index in [0.29, 0.717) is 37.1 Å². The normalized spacial score (nSPS) is 14.8. The van der Waals surface area contributed by atoms with E-state index in [2.05, 4.69) is 10.2 Å². The minimum atomic E-state index is -0.403. The number of piperazine rings is 1. The maximum absolute atomic E-state index is 12.4. The van der Waals surface area contributed by atoms with Gasteiger partial charge in [-0.1, -0.05) is 18.2 Å². The Kier molecular flexibility index (Phi) is 5.73. The maximum Gasteiger partial charge on any atom is 0.287 e. The van der Waals surface area contributed by atoms with Crippen LogP contribution in [0.2, 0.25) is 0 Å². The molecule has 1 N–H and O–H groups in total. The summed E-state index contributed by atoms with van der Waals surface area (Å²) in [6.45, 7) is 3.98. The second-order valence-corrected chi connectivity index (χ2v) is 7.79. The van der Waals surface area contributed by atoms with Crippen LogP contribution in [0, 0.1) is 0 Å². The van der Waals surface area contributed by atoms with Gasteiger partial charge < -0.3 is 14.6 Å². The number of rotatable bonds is 5. The van der Waals surface area contributed by atoms with Crippen LogP contribution in [-0.2, 0) is 0 Å². The van der Waals surface area contributed by atoms with Crippen molar-refractivity contribution in [3.63, 3.8) is 0 Å². The zero-order valence-electron chi connectivity index (χ0n) is 15.8. The lowest BCUT2D eigenvalue weighted by atomic mass is 10.2. The molecule has 7 nitrogen and oxygen atoms in total. The second-order valence-electron chi connectivity index (χ2n) is 6.84. The van der Waals surface area contributed by atoms with E-state index in [0.717, 1.165) is 18.0 Å². The fourth-order valence-corrected chi connectivity index (χ4v) is 4.05. The third-order valence-electron chi connectivity index (χ3n) is 4.96. The summed E-state index contributed by atoms with van der Waals surface area (Å²) in [6, 6.07) is 11.8. The van der Waals surface area contributed by atoms with Gasteiger partial charge in [-0.05, 0) is 23.6 Å². The molecule has 0 aliphatic carbocycles. The molecule has 0 atom stereocenters. The SMILES string of the molecule is O=C(NCCN1CCN(C(=O)c2cccs2)CC1)c1cc(=O)c2ccccc2o1. The number of carbonyl (C=O) groups is 2. The third-order valence-corrected chi connectivity index (χ3v) is 5.82. The molecule has 8 heteroatoms. The van der Waals surface area contributed by atoms with E-state index in [1.165, 1.54) is 17.4 Å². The number of carbonyl (C=O) groups excluding carboxylic acids is 2. The van der Waals surface area contributed by atoms with Crippen molar-refractivity contribution < 1.29 is 14.0 Å². The molecule has 1 aromatic carbocycles. The van der Waals surface area contributed by atoms with Crippen LogP contribution < -0.4 is 10.7 Å². The Balaban J connectivity index is 1.26. The molecule has 1 aliphatic rings. The van der Waals surface area contributed by atoms with Gasteiger partial charge in [-0.15, -0.1) is 11.3 Å². The number of nitrogens with zero attached hydrogens (tertiary/aromatic N) is 2. The smallest absolute Gasteiger partial charge is 0.287 e. The molecular formula is C21H21N3O4S. The van der Waals surface area contributed by atoms with Crippen LogP contribution in [0.15, 0.2) is 57.1 Å². The largest absolute Gasteiger partial charge is 0.451 e. The molecule has 3 aromatic rings. The first-order valence-corrected chi connectivity index (χ1v) is 10.4. The van der Waals surface area contributed by atoms with Crippen LogP contribution in [0.4, 0.5) is 0 Å². The van der Waals surface area contributed by atoms with Gasteiger partial charge in [0.15, 0.2) is 11.2 Å². The van der Waals surface area contributed by atoms with Crippen molar-refractivity contribution in [2.75, 3.05) is 39.3 Å². The first-order chi connectivity index (χ1) is 14.1. The van der Waals surface area contributed by atoms with Crippen LogP contribution in [0.3, 0.4) is 0 Å². The molecule has 4 rings (SSSR count). The van der Waals surface area contributed by atoms with Crippen LogP contribution in [-0.4, -0.2) is 60.9 Å². The summed E-state index contributed by atoms with van der Waals surface area (Å²) in [4.78, 5) is 41.7. The fraction of sp³-hybridized carbons (Fsp3) is 0.286. The molecular weight excluding hydrogens is 390 g/mol. The van der Waals surface area contributed by atoms with Crippen LogP contribution >= 0.6 is 11.3 Å². The van der Waals surface area contributed by atoms with E-state index in [4.69, 9.17) is 4.42 Å². The monoisotopic (exact) mass is 411 g/mol. The molecule has 3 heterocycles. The Morgan fingerprint density at radius 3 is 2.62 bits per heavy atom. The first kappa shape index (κ1) is 19.4. The minimum absolute atomic E-state index is 0.0139. The third kappa shape index (κ3) is 4.38. The summed E-state index contributed by atoms with van der Waals surface area (Å²) < 4.78 is 5.55. The number of para-hydroxylation sites is 1. The van der Waals surface area contributed by atoms with Crippen molar-refractivity contribution in [2.24, 2.45) is 0 Å². The molecule has 150 valence electrons. The second kappa shape index (κ2) is 8.59. The van der Waals surface area contributed by atoms with E-state index in [-0.39, 0.29) is 17.1 Å². The first-order valence-electron chi connectivity index (χ1n) is 9.48. The van der Waals surface area contributed by atoms with Crippen molar-refractivity contribution in [3.05, 3.63) is 68.7 Å². The number of hydrogen-bond acceptors (Lipinski definition) is 6. The number of fused-ring (bicyclic) bond motifs is 1. The Morgan fingerprint density at radius 1 is 1.07 bits per heavy atom. The van der Waals surface area contributed by atoms with E-state index >= 15 is 0 Å². The summed E-state index contributed by atoms with van der Waals surface area (Å²) in [7, 11) is 0. The highest BCUT2D eigenvalue weighted by molar-refractivity contribution is 7.12. The number of amides is 2. The number of nitrogens with one attached hydrogen (secondary N) is 1. The number of hydrogen-bond donors (Lipinski definition) is 1. The zero-order chi connectivity index (χ0) is 20.2. The van der Waals surface area contributed by atoms with E-state index in [1.807, 2.05) is 22.4 Å². The van der Waals surface area contributed by atoms with Gasteiger partial charge in [0.1, 0.15) is 5.58 Å². The summed E-state index contributed by atoms with van der Waals surface area (Å²) in [5.74, 6) is -0.307. The summed E-state index contributed by atoms with van der Waals surface area (Å²) in [5, 5.41) is 5.17. The molecule has 1 saturated heterocycles. The summed E-state index contributed by atoms with van der Waals surface area (Å²) in [6.07, 6.45) is 0. The zero-order valence-corrected chi connectivity index (χ0v) is 16.6. The van der Waals surface area contributed by atoms with E-state index < -0.39 is 5.91 Å². The Labute approximate surface area is 171 Å². The van der Waals surface area contributed by atoms with Gasteiger partial charge in [-0.25, -0.2) is 0 Å². The molecule has 29 heavy (non-hydrogen) atoms. The van der Waals surface area contributed by atoms with Gasteiger partial charge in [0.25, 0.3) is 11.8 Å². The Hall–Kier alpha value is -2.97. The molecule has 2 aromatic heterocycles. The quantitative estimate of drug-likeness (QED) is 0.695. The topological polar surface area (TPSA) is 82.9 Å². The number of benzene rings is 1. The Bertz CT molecular complexity index is 1070. The maximum atomic E-state index is 12.4. The fourth-order valence-electron chi connectivity index (χ4n) is 3.36. The standard InChI is InChI=1S/C21H21N3O4S/c25-16-14-18(28-17-5-2-1-4-15(16)17)20(26)22-7-8-23-9-11-24(12-10-23)21(27)19-6-3-13-29-19/h1-6,13-14H,7-12H2,(H,22,26). The van der Waals surface area contributed by atoms with Gasteiger partial charge in [0.2, 0.25) is 0 Å². The lowest BCUT2D eigenvalue weighted by Gasteiger charge is -2.34. The van der Waals surface area contributed by atoms with Crippen molar-refractivity contribution in [1.29, 1.82) is 0 Å². The molecule has 0 bridgehead atoms. The van der Waals surface area contributed by atoms with Gasteiger partial charge in [-0.3, -0.25) is 19.3 Å². The predicted octanol–water partition coefficient (Wildman–Crippen LogP) is 2.04. The molecule has 2 amide bonds. The molecule has 0 radical (unpaired) electrons. The van der Waals surface area contributed by atoms with Crippen LogP contribution in [0.1, 0.15) is 20.2 Å². The lowest BCUT2D eigenvalue weighted by Crippen LogP contribution is -2.50. The van der Waals surface area contributed by atoms with Crippen molar-refractivity contribution in [3.8, 4) is 0 Å². The minimum Gasteiger partial charge on any atom is -0.451 e. The van der Waals surface area contributed by atoms with E-state index in [1.54, 1.807) is 24.3 Å².